The van der Waals surface area contributed by atoms with E-state index in [1.165, 1.54) is 154 Å². The summed E-state index contributed by atoms with van der Waals surface area (Å²) in [6.07, 6.45) is 42.1. The summed E-state index contributed by atoms with van der Waals surface area (Å²) < 4.78 is 9.92. The fourth-order valence-corrected chi connectivity index (χ4v) is 6.63. The highest BCUT2D eigenvalue weighted by Gasteiger charge is 2.12. The molecule has 0 unspecified atom stereocenters. The molecule has 0 saturated carbocycles. The molecule has 0 aliphatic heterocycles. The minimum atomic E-state index is -0.459. The number of rotatable bonds is 39. The average Bonchev–Trinajstić information content (AvgIpc) is 3.09. The first-order valence-electron chi connectivity index (χ1n) is 22.0. The van der Waals surface area contributed by atoms with E-state index in [9.17, 15) is 19.2 Å². The molecule has 6 nitrogen and oxygen atoms in total. The van der Waals surface area contributed by atoms with Gasteiger partial charge in [-0.2, -0.15) is 0 Å². The summed E-state index contributed by atoms with van der Waals surface area (Å²) in [5.74, 6) is -1.75. The molecule has 0 aliphatic rings. The standard InChI is InChI=1S/C44H82O6/c1-3-5-7-9-11-13-15-17-19-21-23-25-27-29-33-37-41(45)49-43(47)39-35-31-32-36-40-44(48)50-42(46)38-34-30-28-26-24-22-20-18-16-14-12-10-8-6-4-2/h3-40H2,1-2H3. The van der Waals surface area contributed by atoms with Crippen LogP contribution < -0.4 is 0 Å². The maximum atomic E-state index is 12.0. The van der Waals surface area contributed by atoms with Crippen LogP contribution in [0.25, 0.3) is 0 Å². The van der Waals surface area contributed by atoms with E-state index in [2.05, 4.69) is 13.8 Å². The first kappa shape index (κ1) is 48.3. The molecule has 0 aromatic heterocycles. The fraction of sp³-hybridized carbons (Fsp3) is 0.909. The molecule has 0 amide bonds. The lowest BCUT2D eigenvalue weighted by Gasteiger charge is -2.05. The van der Waals surface area contributed by atoms with E-state index in [1.807, 2.05) is 0 Å². The van der Waals surface area contributed by atoms with E-state index in [4.69, 9.17) is 9.47 Å². The topological polar surface area (TPSA) is 86.7 Å². The number of esters is 4. The van der Waals surface area contributed by atoms with Crippen molar-refractivity contribution in [3.8, 4) is 0 Å². The molecule has 0 fully saturated rings. The Morgan fingerprint density at radius 1 is 0.240 bits per heavy atom. The quantitative estimate of drug-likeness (QED) is 0.0359. The second-order valence-corrected chi connectivity index (χ2v) is 15.0. The number of unbranched alkanes of at least 4 members (excludes halogenated alkanes) is 31. The average molecular weight is 707 g/mol. The summed E-state index contributed by atoms with van der Waals surface area (Å²) in [7, 11) is 0. The third-order valence-corrected chi connectivity index (χ3v) is 9.94. The molecule has 0 spiro atoms. The minimum absolute atomic E-state index is 0.215. The zero-order valence-corrected chi connectivity index (χ0v) is 33.3. The van der Waals surface area contributed by atoms with Crippen molar-refractivity contribution in [2.45, 2.75) is 258 Å². The summed E-state index contributed by atoms with van der Waals surface area (Å²) in [5, 5.41) is 0. The lowest BCUT2D eigenvalue weighted by atomic mass is 10.0. The molecular weight excluding hydrogens is 624 g/mol. The van der Waals surface area contributed by atoms with Crippen LogP contribution in [0.15, 0.2) is 0 Å². The highest BCUT2D eigenvalue weighted by atomic mass is 16.6. The first-order valence-corrected chi connectivity index (χ1v) is 22.0. The molecule has 6 heteroatoms. The smallest absolute Gasteiger partial charge is 0.313 e. The monoisotopic (exact) mass is 707 g/mol. The molecule has 0 atom stereocenters. The van der Waals surface area contributed by atoms with Crippen molar-refractivity contribution < 1.29 is 28.7 Å². The van der Waals surface area contributed by atoms with Gasteiger partial charge < -0.3 is 9.47 Å². The SMILES string of the molecule is CCCCCCCCCCCCCCCCCC(=O)OC(=O)CCCCCCC(=O)OC(=O)CCCCCCCCCCCCCCCCC. The van der Waals surface area contributed by atoms with E-state index in [-0.39, 0.29) is 12.8 Å². The van der Waals surface area contributed by atoms with Crippen molar-refractivity contribution in [3.63, 3.8) is 0 Å². The van der Waals surface area contributed by atoms with Gasteiger partial charge in [0.25, 0.3) is 0 Å². The molecule has 0 aliphatic carbocycles. The zero-order chi connectivity index (χ0) is 36.6. The van der Waals surface area contributed by atoms with Gasteiger partial charge in [-0.05, 0) is 25.7 Å². The van der Waals surface area contributed by atoms with Crippen LogP contribution in [-0.2, 0) is 28.7 Å². The molecule has 0 saturated heterocycles. The van der Waals surface area contributed by atoms with Gasteiger partial charge >= 0.3 is 23.9 Å². The van der Waals surface area contributed by atoms with Crippen LogP contribution in [0.5, 0.6) is 0 Å². The highest BCUT2D eigenvalue weighted by Crippen LogP contribution is 2.16. The Kier molecular flexibility index (Phi) is 38.7. The van der Waals surface area contributed by atoms with E-state index in [0.717, 1.165) is 51.4 Å². The van der Waals surface area contributed by atoms with Gasteiger partial charge in [0.15, 0.2) is 0 Å². The van der Waals surface area contributed by atoms with Gasteiger partial charge in [0.1, 0.15) is 0 Å². The van der Waals surface area contributed by atoms with Crippen molar-refractivity contribution in [1.29, 1.82) is 0 Å². The predicted molar refractivity (Wildman–Crippen MR) is 209 cm³/mol. The number of ether oxygens (including phenoxy) is 2. The second-order valence-electron chi connectivity index (χ2n) is 15.0. The van der Waals surface area contributed by atoms with E-state index in [1.54, 1.807) is 0 Å². The Hall–Kier alpha value is -1.72. The number of hydrogen-bond donors (Lipinski definition) is 0. The van der Waals surface area contributed by atoms with Crippen LogP contribution in [0.4, 0.5) is 0 Å². The van der Waals surface area contributed by atoms with Crippen LogP contribution in [0, 0.1) is 0 Å². The first-order chi connectivity index (χ1) is 24.5. The van der Waals surface area contributed by atoms with Crippen LogP contribution in [0.3, 0.4) is 0 Å². The Morgan fingerprint density at radius 3 is 0.540 bits per heavy atom. The van der Waals surface area contributed by atoms with Gasteiger partial charge in [-0.15, -0.1) is 0 Å². The molecular formula is C44H82O6. The zero-order valence-electron chi connectivity index (χ0n) is 33.3. The summed E-state index contributed by atoms with van der Waals surface area (Å²) in [6, 6.07) is 0. The third-order valence-electron chi connectivity index (χ3n) is 9.94. The van der Waals surface area contributed by atoms with Crippen LogP contribution in [0.2, 0.25) is 0 Å². The number of carbonyl (C=O) groups excluding carboxylic acids is 4. The van der Waals surface area contributed by atoms with Crippen LogP contribution in [-0.4, -0.2) is 23.9 Å². The fourth-order valence-electron chi connectivity index (χ4n) is 6.63. The number of carbonyl (C=O) groups is 4. The summed E-state index contributed by atoms with van der Waals surface area (Å²) in [4.78, 5) is 47.9. The normalized spacial score (nSPS) is 11.2. The Labute approximate surface area is 309 Å². The van der Waals surface area contributed by atoms with Gasteiger partial charge in [-0.1, -0.05) is 206 Å². The molecule has 0 radical (unpaired) electrons. The minimum Gasteiger partial charge on any atom is -0.393 e. The lowest BCUT2D eigenvalue weighted by molar-refractivity contribution is -0.161. The van der Waals surface area contributed by atoms with Crippen molar-refractivity contribution in [1.82, 2.24) is 0 Å². The van der Waals surface area contributed by atoms with E-state index >= 15 is 0 Å². The Bertz CT molecular complexity index is 714. The van der Waals surface area contributed by atoms with E-state index < -0.39 is 23.9 Å². The maximum Gasteiger partial charge on any atom is 0.313 e. The van der Waals surface area contributed by atoms with Gasteiger partial charge in [0, 0.05) is 25.7 Å². The second kappa shape index (κ2) is 40.1. The molecule has 0 heterocycles. The Balaban J connectivity index is 3.44. The van der Waals surface area contributed by atoms with Gasteiger partial charge in [-0.3, -0.25) is 19.2 Å². The van der Waals surface area contributed by atoms with Gasteiger partial charge in [0.2, 0.25) is 0 Å². The van der Waals surface area contributed by atoms with E-state index in [0.29, 0.717) is 25.7 Å². The van der Waals surface area contributed by atoms with Gasteiger partial charge in [-0.25, -0.2) is 0 Å². The summed E-state index contributed by atoms with van der Waals surface area (Å²) >= 11 is 0. The molecule has 0 rings (SSSR count). The summed E-state index contributed by atoms with van der Waals surface area (Å²) in [5.41, 5.74) is 0. The lowest BCUT2D eigenvalue weighted by Crippen LogP contribution is -2.12. The molecule has 0 aromatic rings. The maximum absolute atomic E-state index is 12.0. The molecule has 0 aromatic carbocycles. The molecule has 0 N–H and O–H groups in total. The van der Waals surface area contributed by atoms with Crippen molar-refractivity contribution in [3.05, 3.63) is 0 Å². The Morgan fingerprint density at radius 2 is 0.380 bits per heavy atom. The third kappa shape index (κ3) is 39.1. The largest absolute Gasteiger partial charge is 0.393 e. The van der Waals surface area contributed by atoms with Crippen molar-refractivity contribution in [2.75, 3.05) is 0 Å². The highest BCUT2D eigenvalue weighted by molar-refractivity contribution is 5.85. The van der Waals surface area contributed by atoms with Gasteiger partial charge in [0.05, 0.1) is 0 Å². The number of hydrogen-bond acceptors (Lipinski definition) is 6. The van der Waals surface area contributed by atoms with Crippen molar-refractivity contribution >= 4 is 23.9 Å². The molecule has 294 valence electrons. The molecule has 0 bridgehead atoms. The molecule has 50 heavy (non-hydrogen) atoms. The summed E-state index contributed by atoms with van der Waals surface area (Å²) in [6.45, 7) is 4.53. The van der Waals surface area contributed by atoms with Crippen molar-refractivity contribution in [2.24, 2.45) is 0 Å². The van der Waals surface area contributed by atoms with Crippen LogP contribution in [0.1, 0.15) is 258 Å². The predicted octanol–water partition coefficient (Wildman–Crippen LogP) is 14.0. The van der Waals surface area contributed by atoms with Crippen LogP contribution >= 0.6 is 0 Å².